The summed E-state index contributed by atoms with van der Waals surface area (Å²) in [6, 6.07) is 0. The van der Waals surface area contributed by atoms with E-state index in [2.05, 4.69) is 94.2 Å². The molecular weight excluding hydrogens is 568 g/mol. The molecule has 2 aliphatic rings. The van der Waals surface area contributed by atoms with E-state index in [1.807, 2.05) is 0 Å². The number of nitrogens with one attached hydrogen (secondary N) is 2. The van der Waals surface area contributed by atoms with Crippen molar-refractivity contribution in [3.05, 3.63) is 0 Å². The van der Waals surface area contributed by atoms with Gasteiger partial charge in [-0.15, -0.1) is 0 Å². The van der Waals surface area contributed by atoms with E-state index in [4.69, 9.17) is 0 Å². The predicted molar refractivity (Wildman–Crippen MR) is 196 cm³/mol. The third kappa shape index (κ3) is 14.5. The Kier molecular flexibility index (Phi) is 16.1. The van der Waals surface area contributed by atoms with E-state index in [-0.39, 0.29) is 11.8 Å². The molecule has 270 valence electrons. The lowest BCUT2D eigenvalue weighted by Crippen LogP contribution is -2.50. The zero-order chi connectivity index (χ0) is 34.8. The molecule has 2 saturated carbocycles. The van der Waals surface area contributed by atoms with E-state index < -0.39 is 0 Å². The van der Waals surface area contributed by atoms with Crippen LogP contribution in [0.3, 0.4) is 0 Å². The van der Waals surface area contributed by atoms with Gasteiger partial charge in [0.1, 0.15) is 0 Å². The molecule has 6 nitrogen and oxygen atoms in total. The van der Waals surface area contributed by atoms with E-state index in [1.54, 1.807) is 0 Å². The maximum absolute atomic E-state index is 12.7. The lowest BCUT2D eigenvalue weighted by atomic mass is 9.62. The Morgan fingerprint density at radius 3 is 1.33 bits per heavy atom. The Bertz CT molecular complexity index is 852. The van der Waals surface area contributed by atoms with E-state index in [0.29, 0.717) is 35.8 Å². The number of rotatable bonds is 19. The minimum absolute atomic E-state index is 0.169. The van der Waals surface area contributed by atoms with Crippen molar-refractivity contribution in [3.8, 4) is 0 Å². The topological polar surface area (TPSA) is 58.2 Å². The Hall–Kier alpha value is -1.14. The summed E-state index contributed by atoms with van der Waals surface area (Å²) in [5.74, 6) is 4.75. The molecule has 0 aromatic heterocycles. The molecule has 6 atom stereocenters. The number of hydrogen-bond acceptors (Lipinski definition) is 2. The summed E-state index contributed by atoms with van der Waals surface area (Å²) >= 11 is 0. The van der Waals surface area contributed by atoms with Crippen molar-refractivity contribution in [2.45, 2.75) is 132 Å². The number of nitrogens with zero attached hydrogens (tertiary/aromatic N) is 2. The monoisotopic (exact) mass is 649 g/mol. The van der Waals surface area contributed by atoms with Crippen molar-refractivity contribution in [2.24, 2.45) is 46.3 Å². The molecule has 6 unspecified atom stereocenters. The first kappa shape index (κ1) is 41.0. The summed E-state index contributed by atoms with van der Waals surface area (Å²) in [6.07, 6.45) is 14.9. The first-order chi connectivity index (χ1) is 21.2. The quantitative estimate of drug-likeness (QED) is 0.111. The van der Waals surface area contributed by atoms with Crippen molar-refractivity contribution < 1.29 is 18.6 Å². The molecule has 2 rings (SSSR count). The summed E-state index contributed by atoms with van der Waals surface area (Å²) in [6.45, 7) is 24.2. The second-order valence-electron chi connectivity index (χ2n) is 19.3. The predicted octanol–water partition coefficient (Wildman–Crippen LogP) is 7.91. The van der Waals surface area contributed by atoms with Gasteiger partial charge in [0, 0.05) is 24.9 Å². The smallest absolute Gasteiger partial charge is 0.275 e. The molecule has 2 amide bonds. The van der Waals surface area contributed by atoms with Crippen LogP contribution < -0.4 is 10.6 Å². The average molecular weight is 649 g/mol. The molecule has 0 aromatic rings. The van der Waals surface area contributed by atoms with Crippen LogP contribution in [0.5, 0.6) is 0 Å². The molecule has 0 spiro atoms. The lowest BCUT2D eigenvalue weighted by molar-refractivity contribution is -0.885. The van der Waals surface area contributed by atoms with Crippen LogP contribution in [0, 0.1) is 46.3 Å². The van der Waals surface area contributed by atoms with Crippen molar-refractivity contribution >= 4 is 11.8 Å². The Morgan fingerprint density at radius 1 is 0.652 bits per heavy atom. The molecule has 0 saturated heterocycles. The van der Waals surface area contributed by atoms with Gasteiger partial charge in [-0.1, -0.05) is 93.9 Å². The third-order valence-corrected chi connectivity index (χ3v) is 12.2. The largest absolute Gasteiger partial charge is 0.351 e. The first-order valence-electron chi connectivity index (χ1n) is 19.4. The summed E-state index contributed by atoms with van der Waals surface area (Å²) in [4.78, 5) is 25.5. The van der Waals surface area contributed by atoms with Gasteiger partial charge < -0.3 is 19.6 Å². The lowest BCUT2D eigenvalue weighted by Gasteiger charge is -2.45. The summed E-state index contributed by atoms with van der Waals surface area (Å²) in [7, 11) is 8.83. The summed E-state index contributed by atoms with van der Waals surface area (Å²) < 4.78 is 1.50. The number of quaternary nitrogens is 2. The molecule has 2 fully saturated rings. The standard InChI is InChI=1S/C40H78N4O2/c1-31(25-35-33(3)19-17-21-39(35,5)6)27-43(9,10)29-37(45)41-23-15-13-14-16-24-42-38(46)30-44(11,12)28-32(2)26-36-34(4)20-18-22-40(36,7)8/h31-36H,13-30H2,1-12H3/p+2. The molecule has 0 aromatic carbocycles. The molecule has 0 bridgehead atoms. The zero-order valence-corrected chi connectivity index (χ0v) is 32.9. The van der Waals surface area contributed by atoms with Gasteiger partial charge in [0.05, 0.1) is 41.3 Å². The van der Waals surface area contributed by atoms with Gasteiger partial charge in [-0.2, -0.15) is 0 Å². The normalized spacial score (nSPS) is 26.3. The molecule has 46 heavy (non-hydrogen) atoms. The van der Waals surface area contributed by atoms with E-state index in [0.717, 1.165) is 84.5 Å². The third-order valence-electron chi connectivity index (χ3n) is 12.2. The molecule has 0 aliphatic heterocycles. The maximum atomic E-state index is 12.7. The second kappa shape index (κ2) is 18.0. The number of unbranched alkanes of at least 4 members (excludes halogenated alkanes) is 3. The number of carbonyl (C=O) groups is 2. The van der Waals surface area contributed by atoms with Crippen LogP contribution in [0.1, 0.15) is 132 Å². The van der Waals surface area contributed by atoms with Crippen LogP contribution in [0.2, 0.25) is 0 Å². The molecule has 6 heteroatoms. The van der Waals surface area contributed by atoms with E-state index in [1.165, 1.54) is 51.4 Å². The number of carbonyl (C=O) groups excluding carboxylic acids is 2. The minimum Gasteiger partial charge on any atom is -0.351 e. The summed E-state index contributed by atoms with van der Waals surface area (Å²) in [5.41, 5.74) is 0.872. The second-order valence-corrected chi connectivity index (χ2v) is 19.3. The van der Waals surface area contributed by atoms with Gasteiger partial charge in [0.25, 0.3) is 11.8 Å². The first-order valence-corrected chi connectivity index (χ1v) is 19.4. The van der Waals surface area contributed by atoms with Crippen LogP contribution in [0.15, 0.2) is 0 Å². The Balaban J connectivity index is 1.56. The van der Waals surface area contributed by atoms with Crippen LogP contribution in [-0.4, -0.2) is 88.2 Å². The highest BCUT2D eigenvalue weighted by Gasteiger charge is 2.39. The molecule has 2 aliphatic carbocycles. The maximum Gasteiger partial charge on any atom is 0.275 e. The van der Waals surface area contributed by atoms with Crippen molar-refractivity contribution in [1.82, 2.24) is 10.6 Å². The van der Waals surface area contributed by atoms with Crippen molar-refractivity contribution in [2.75, 3.05) is 67.5 Å². The van der Waals surface area contributed by atoms with Gasteiger partial charge in [-0.3, -0.25) is 9.59 Å². The fraction of sp³-hybridized carbons (Fsp3) is 0.950. The average Bonchev–Trinajstić information content (AvgIpc) is 2.88. The van der Waals surface area contributed by atoms with Crippen LogP contribution >= 0.6 is 0 Å². The minimum atomic E-state index is 0.169. The van der Waals surface area contributed by atoms with E-state index >= 15 is 0 Å². The fourth-order valence-corrected chi connectivity index (χ4v) is 9.96. The van der Waals surface area contributed by atoms with Gasteiger partial charge in [-0.05, 0) is 73.0 Å². The van der Waals surface area contributed by atoms with Crippen molar-refractivity contribution in [1.29, 1.82) is 0 Å². The summed E-state index contributed by atoms with van der Waals surface area (Å²) in [5, 5.41) is 6.34. The SMILES string of the molecule is CC(CC1C(C)CCCC1(C)C)C[N+](C)(C)CC(=O)NCCCCCCNC(=O)C[N+](C)(C)CC(C)CC1C(C)CCCC1(C)C. The van der Waals surface area contributed by atoms with E-state index in [9.17, 15) is 9.59 Å². The number of hydrogen-bond donors (Lipinski definition) is 2. The van der Waals surface area contributed by atoms with Crippen LogP contribution in [0.25, 0.3) is 0 Å². The Labute approximate surface area is 286 Å². The van der Waals surface area contributed by atoms with Gasteiger partial charge in [0.2, 0.25) is 0 Å². The highest BCUT2D eigenvalue weighted by Crippen LogP contribution is 2.48. The highest BCUT2D eigenvalue weighted by atomic mass is 16.2. The van der Waals surface area contributed by atoms with Crippen molar-refractivity contribution in [3.63, 3.8) is 0 Å². The number of amides is 2. The zero-order valence-electron chi connectivity index (χ0n) is 32.9. The molecule has 2 N–H and O–H groups in total. The molecule has 0 radical (unpaired) electrons. The molecular formula is C40H80N4O2+2. The Morgan fingerprint density at radius 2 is 1.00 bits per heavy atom. The van der Waals surface area contributed by atoms with Crippen LogP contribution in [0.4, 0.5) is 0 Å². The highest BCUT2D eigenvalue weighted by molar-refractivity contribution is 5.77. The number of likely N-dealkylation sites (N-methyl/N-ethyl adjacent to an activating group) is 2. The van der Waals surface area contributed by atoms with Gasteiger partial charge in [-0.25, -0.2) is 0 Å². The van der Waals surface area contributed by atoms with Crippen LogP contribution in [-0.2, 0) is 9.59 Å². The molecule has 0 heterocycles. The van der Waals surface area contributed by atoms with Gasteiger partial charge >= 0.3 is 0 Å². The fourth-order valence-electron chi connectivity index (χ4n) is 9.96. The van der Waals surface area contributed by atoms with Gasteiger partial charge in [0.15, 0.2) is 13.1 Å².